The summed E-state index contributed by atoms with van der Waals surface area (Å²) in [6.45, 7) is 2.33. The van der Waals surface area contributed by atoms with Crippen LogP contribution < -0.4 is 10.6 Å². The first-order valence-electron chi connectivity index (χ1n) is 7.41. The molecule has 2 amide bonds. The molecule has 0 aliphatic carbocycles. The van der Waals surface area contributed by atoms with E-state index in [2.05, 4.69) is 10.6 Å². The van der Waals surface area contributed by atoms with Gasteiger partial charge < -0.3 is 10.6 Å². The molecule has 2 aromatic carbocycles. The Morgan fingerprint density at radius 2 is 1.64 bits per heavy atom. The Bertz CT molecular complexity index is 639. The Kier molecular flexibility index (Phi) is 5.72. The molecule has 0 fully saturated rings. The second kappa shape index (κ2) is 7.98. The van der Waals surface area contributed by atoms with Crippen LogP contribution in [0.1, 0.15) is 29.3 Å². The monoisotopic (exact) mass is 296 g/mol. The Labute approximate surface area is 130 Å². The minimum Gasteiger partial charge on any atom is -0.352 e. The van der Waals surface area contributed by atoms with Gasteiger partial charge in [0.05, 0.1) is 11.3 Å². The molecule has 4 heteroatoms. The highest BCUT2D eigenvalue weighted by molar-refractivity contribution is 6.03. The van der Waals surface area contributed by atoms with Gasteiger partial charge in [0.2, 0.25) is 5.91 Å². The molecule has 0 aromatic heterocycles. The van der Waals surface area contributed by atoms with Crippen LogP contribution in [0.25, 0.3) is 0 Å². The summed E-state index contributed by atoms with van der Waals surface area (Å²) < 4.78 is 0. The van der Waals surface area contributed by atoms with Crippen molar-refractivity contribution in [2.45, 2.75) is 19.8 Å². The van der Waals surface area contributed by atoms with Crippen molar-refractivity contribution in [3.8, 4) is 0 Å². The lowest BCUT2D eigenvalue weighted by Crippen LogP contribution is -2.27. The van der Waals surface area contributed by atoms with E-state index in [1.165, 1.54) is 5.56 Å². The minimum atomic E-state index is -0.178. The zero-order valence-corrected chi connectivity index (χ0v) is 12.6. The van der Waals surface area contributed by atoms with Crippen LogP contribution in [-0.2, 0) is 11.2 Å². The molecule has 22 heavy (non-hydrogen) atoms. The molecule has 0 spiro atoms. The van der Waals surface area contributed by atoms with Crippen molar-refractivity contribution in [3.63, 3.8) is 0 Å². The summed E-state index contributed by atoms with van der Waals surface area (Å²) in [5.74, 6) is -0.285. The smallest absolute Gasteiger partial charge is 0.253 e. The average Bonchev–Trinajstić information content (AvgIpc) is 2.56. The first-order valence-corrected chi connectivity index (χ1v) is 7.41. The van der Waals surface area contributed by atoms with Gasteiger partial charge in [-0.1, -0.05) is 49.4 Å². The van der Waals surface area contributed by atoms with Crippen LogP contribution in [0.2, 0.25) is 0 Å². The highest BCUT2D eigenvalue weighted by Gasteiger charge is 2.11. The van der Waals surface area contributed by atoms with Crippen LogP contribution in [-0.4, -0.2) is 18.4 Å². The quantitative estimate of drug-likeness (QED) is 0.861. The number of carbonyl (C=O) groups excluding carboxylic acids is 2. The number of amides is 2. The molecule has 114 valence electrons. The van der Waals surface area contributed by atoms with E-state index in [0.717, 1.165) is 6.42 Å². The summed E-state index contributed by atoms with van der Waals surface area (Å²) in [6.07, 6.45) is 1.15. The van der Waals surface area contributed by atoms with E-state index in [0.29, 0.717) is 24.2 Å². The van der Waals surface area contributed by atoms with Crippen LogP contribution in [0, 0.1) is 0 Å². The van der Waals surface area contributed by atoms with Crippen molar-refractivity contribution in [1.29, 1.82) is 0 Å². The molecule has 0 aliphatic rings. The van der Waals surface area contributed by atoms with Crippen molar-refractivity contribution in [1.82, 2.24) is 5.32 Å². The summed E-state index contributed by atoms with van der Waals surface area (Å²) in [7, 11) is 0. The number of hydrogen-bond donors (Lipinski definition) is 2. The number of para-hydroxylation sites is 1. The van der Waals surface area contributed by atoms with E-state index in [9.17, 15) is 9.59 Å². The Morgan fingerprint density at radius 3 is 2.36 bits per heavy atom. The largest absolute Gasteiger partial charge is 0.352 e. The van der Waals surface area contributed by atoms with Crippen LogP contribution in [0.3, 0.4) is 0 Å². The lowest BCUT2D eigenvalue weighted by atomic mass is 10.1. The SMILES string of the molecule is CCC(=O)Nc1ccccc1C(=O)NCCc1ccccc1. The predicted octanol–water partition coefficient (Wildman–Crippen LogP) is 3.01. The highest BCUT2D eigenvalue weighted by atomic mass is 16.2. The van der Waals surface area contributed by atoms with Crippen LogP contribution in [0.5, 0.6) is 0 Å². The molecule has 4 nitrogen and oxygen atoms in total. The summed E-state index contributed by atoms with van der Waals surface area (Å²) in [5, 5.41) is 5.64. The highest BCUT2D eigenvalue weighted by Crippen LogP contribution is 2.15. The van der Waals surface area contributed by atoms with Gasteiger partial charge in [-0.25, -0.2) is 0 Å². The molecule has 0 heterocycles. The molecule has 2 N–H and O–H groups in total. The van der Waals surface area contributed by atoms with Gasteiger partial charge in [0.25, 0.3) is 5.91 Å². The zero-order valence-electron chi connectivity index (χ0n) is 12.6. The second-order valence-corrected chi connectivity index (χ2v) is 4.94. The van der Waals surface area contributed by atoms with Gasteiger partial charge >= 0.3 is 0 Å². The van der Waals surface area contributed by atoms with Gasteiger partial charge in [0.15, 0.2) is 0 Å². The van der Waals surface area contributed by atoms with Gasteiger partial charge in [-0.2, -0.15) is 0 Å². The van der Waals surface area contributed by atoms with Crippen molar-refractivity contribution < 1.29 is 9.59 Å². The molecule has 2 aromatic rings. The van der Waals surface area contributed by atoms with E-state index >= 15 is 0 Å². The van der Waals surface area contributed by atoms with E-state index in [-0.39, 0.29) is 11.8 Å². The third kappa shape index (κ3) is 4.45. The normalized spacial score (nSPS) is 10.0. The fourth-order valence-electron chi connectivity index (χ4n) is 2.09. The number of carbonyl (C=O) groups is 2. The topological polar surface area (TPSA) is 58.2 Å². The summed E-state index contributed by atoms with van der Waals surface area (Å²) in [5.41, 5.74) is 2.21. The average molecular weight is 296 g/mol. The molecule has 0 radical (unpaired) electrons. The number of nitrogens with one attached hydrogen (secondary N) is 2. The fraction of sp³-hybridized carbons (Fsp3) is 0.222. The van der Waals surface area contributed by atoms with Crippen LogP contribution in [0.15, 0.2) is 54.6 Å². The molecule has 0 saturated carbocycles. The molecule has 0 atom stereocenters. The maximum absolute atomic E-state index is 12.3. The standard InChI is InChI=1S/C18H20N2O2/c1-2-17(21)20-16-11-7-6-10-15(16)18(22)19-13-12-14-8-4-3-5-9-14/h3-11H,2,12-13H2,1H3,(H,19,22)(H,20,21). The zero-order chi connectivity index (χ0) is 15.8. The van der Waals surface area contributed by atoms with E-state index in [1.807, 2.05) is 30.3 Å². The van der Waals surface area contributed by atoms with Gasteiger partial charge in [-0.05, 0) is 24.1 Å². The molecule has 2 rings (SSSR count). The first kappa shape index (κ1) is 15.8. The molecular formula is C18H20N2O2. The summed E-state index contributed by atoms with van der Waals surface area (Å²) >= 11 is 0. The summed E-state index contributed by atoms with van der Waals surface area (Å²) in [4.78, 5) is 23.8. The van der Waals surface area contributed by atoms with Crippen molar-refractivity contribution in [2.75, 3.05) is 11.9 Å². The van der Waals surface area contributed by atoms with Crippen molar-refractivity contribution in [3.05, 3.63) is 65.7 Å². The molecule has 0 aliphatic heterocycles. The molecule has 0 saturated heterocycles. The first-order chi connectivity index (χ1) is 10.7. The van der Waals surface area contributed by atoms with Gasteiger partial charge in [-0.15, -0.1) is 0 Å². The van der Waals surface area contributed by atoms with E-state index < -0.39 is 0 Å². The minimum absolute atomic E-state index is 0.107. The maximum atomic E-state index is 12.3. The van der Waals surface area contributed by atoms with E-state index in [1.54, 1.807) is 31.2 Å². The number of benzene rings is 2. The maximum Gasteiger partial charge on any atom is 0.253 e. The fourth-order valence-corrected chi connectivity index (χ4v) is 2.09. The molecule has 0 unspecified atom stereocenters. The Balaban J connectivity index is 1.96. The Hall–Kier alpha value is -2.62. The summed E-state index contributed by atoms with van der Waals surface area (Å²) in [6, 6.07) is 17.0. The number of rotatable bonds is 6. The number of hydrogen-bond acceptors (Lipinski definition) is 2. The van der Waals surface area contributed by atoms with Crippen molar-refractivity contribution >= 4 is 17.5 Å². The van der Waals surface area contributed by atoms with Crippen LogP contribution in [0.4, 0.5) is 5.69 Å². The molecular weight excluding hydrogens is 276 g/mol. The number of anilines is 1. The van der Waals surface area contributed by atoms with E-state index in [4.69, 9.17) is 0 Å². The van der Waals surface area contributed by atoms with Crippen LogP contribution >= 0.6 is 0 Å². The lowest BCUT2D eigenvalue weighted by molar-refractivity contribution is -0.115. The Morgan fingerprint density at radius 1 is 0.955 bits per heavy atom. The third-order valence-electron chi connectivity index (χ3n) is 3.31. The van der Waals surface area contributed by atoms with Gasteiger partial charge in [-0.3, -0.25) is 9.59 Å². The van der Waals surface area contributed by atoms with Gasteiger partial charge in [0, 0.05) is 13.0 Å². The second-order valence-electron chi connectivity index (χ2n) is 4.94. The molecule has 0 bridgehead atoms. The predicted molar refractivity (Wildman–Crippen MR) is 87.8 cm³/mol. The van der Waals surface area contributed by atoms with Crippen molar-refractivity contribution in [2.24, 2.45) is 0 Å². The van der Waals surface area contributed by atoms with Gasteiger partial charge in [0.1, 0.15) is 0 Å². The lowest BCUT2D eigenvalue weighted by Gasteiger charge is -2.11. The third-order valence-corrected chi connectivity index (χ3v) is 3.31.